The number of hydrogen-bond acceptors (Lipinski definition) is 6. The SMILES string of the molecule is CCOC(=O)[C@@H]1C(Cc2ccccc2)=CN(CCc2ccc(OC)c(OC)c2)C(=O)N1c1ccc(OC)cc1. The Balaban J connectivity index is 1.72. The summed E-state index contributed by atoms with van der Waals surface area (Å²) in [6, 6.07) is 21.5. The van der Waals surface area contributed by atoms with Crippen LogP contribution < -0.4 is 19.1 Å². The average Bonchev–Trinajstić information content (AvgIpc) is 2.97. The first-order chi connectivity index (χ1) is 19.0. The Kier molecular flexibility index (Phi) is 9.10. The van der Waals surface area contributed by atoms with Gasteiger partial charge in [-0.15, -0.1) is 0 Å². The molecule has 0 unspecified atom stereocenters. The average molecular weight is 531 g/mol. The van der Waals surface area contributed by atoms with Crippen LogP contribution in [-0.4, -0.2) is 57.4 Å². The molecule has 3 aromatic rings. The van der Waals surface area contributed by atoms with Crippen molar-refractivity contribution in [1.29, 1.82) is 0 Å². The maximum Gasteiger partial charge on any atom is 0.333 e. The predicted molar refractivity (Wildman–Crippen MR) is 149 cm³/mol. The van der Waals surface area contributed by atoms with E-state index in [0.717, 1.165) is 16.7 Å². The lowest BCUT2D eigenvalue weighted by atomic mass is 9.95. The zero-order chi connectivity index (χ0) is 27.8. The first-order valence-electron chi connectivity index (χ1n) is 12.8. The molecule has 1 aliphatic heterocycles. The van der Waals surface area contributed by atoms with Gasteiger partial charge in [-0.25, -0.2) is 9.59 Å². The van der Waals surface area contributed by atoms with Crippen LogP contribution in [0.25, 0.3) is 0 Å². The van der Waals surface area contributed by atoms with Crippen LogP contribution in [0.4, 0.5) is 10.5 Å². The third-order valence-corrected chi connectivity index (χ3v) is 6.58. The quantitative estimate of drug-likeness (QED) is 0.315. The number of nitrogens with zero attached hydrogens (tertiary/aromatic N) is 2. The fraction of sp³-hybridized carbons (Fsp3) is 0.290. The molecule has 39 heavy (non-hydrogen) atoms. The zero-order valence-corrected chi connectivity index (χ0v) is 22.8. The molecule has 0 aromatic heterocycles. The predicted octanol–water partition coefficient (Wildman–Crippen LogP) is 5.26. The van der Waals surface area contributed by atoms with E-state index in [9.17, 15) is 9.59 Å². The Morgan fingerprint density at radius 1 is 0.846 bits per heavy atom. The van der Waals surface area contributed by atoms with E-state index in [1.807, 2.05) is 48.5 Å². The second-order valence-electron chi connectivity index (χ2n) is 9.00. The van der Waals surface area contributed by atoms with Crippen LogP contribution in [0, 0.1) is 0 Å². The van der Waals surface area contributed by atoms with Gasteiger partial charge in [0, 0.05) is 18.4 Å². The smallest absolute Gasteiger partial charge is 0.333 e. The first-order valence-corrected chi connectivity index (χ1v) is 12.8. The first kappa shape index (κ1) is 27.6. The molecule has 8 nitrogen and oxygen atoms in total. The molecule has 0 aliphatic carbocycles. The number of carbonyl (C=O) groups excluding carboxylic acids is 2. The van der Waals surface area contributed by atoms with Gasteiger partial charge in [-0.05, 0) is 72.9 Å². The van der Waals surface area contributed by atoms with Gasteiger partial charge in [-0.2, -0.15) is 0 Å². The molecule has 0 radical (unpaired) electrons. The number of benzene rings is 3. The Labute approximate surface area is 229 Å². The number of ether oxygens (including phenoxy) is 4. The lowest BCUT2D eigenvalue weighted by Crippen LogP contribution is -2.55. The molecule has 0 N–H and O–H groups in total. The van der Waals surface area contributed by atoms with Crippen molar-refractivity contribution in [2.75, 3.05) is 39.4 Å². The summed E-state index contributed by atoms with van der Waals surface area (Å²) in [4.78, 5) is 30.5. The van der Waals surface area contributed by atoms with Gasteiger partial charge in [0.25, 0.3) is 0 Å². The summed E-state index contributed by atoms with van der Waals surface area (Å²) >= 11 is 0. The third kappa shape index (κ3) is 6.34. The topological polar surface area (TPSA) is 77.5 Å². The van der Waals surface area contributed by atoms with Gasteiger partial charge in [0.2, 0.25) is 0 Å². The van der Waals surface area contributed by atoms with E-state index >= 15 is 0 Å². The number of rotatable bonds is 11. The number of esters is 1. The summed E-state index contributed by atoms with van der Waals surface area (Å²) in [6.45, 7) is 2.37. The standard InChI is InChI=1S/C31H34N2O6/c1-5-39-30(34)29-24(19-22-9-7-6-8-10-22)21-32(18-17-23-11-16-27(37-3)28(20-23)38-4)31(35)33(29)25-12-14-26(36-2)15-13-25/h6-16,20-21,29H,5,17-19H2,1-4H3/t29-/m0/s1. The molecular formula is C31H34N2O6. The van der Waals surface area contributed by atoms with E-state index in [1.54, 1.807) is 63.6 Å². The van der Waals surface area contributed by atoms with E-state index in [1.165, 1.54) is 4.90 Å². The molecule has 204 valence electrons. The minimum absolute atomic E-state index is 0.210. The minimum atomic E-state index is -0.900. The van der Waals surface area contributed by atoms with Gasteiger partial charge in [0.1, 0.15) is 5.75 Å². The van der Waals surface area contributed by atoms with E-state index in [4.69, 9.17) is 18.9 Å². The largest absolute Gasteiger partial charge is 0.497 e. The van der Waals surface area contributed by atoms with Crippen LogP contribution in [0.3, 0.4) is 0 Å². The summed E-state index contributed by atoms with van der Waals surface area (Å²) in [7, 11) is 4.77. The Bertz CT molecular complexity index is 1310. The highest BCUT2D eigenvalue weighted by molar-refractivity contribution is 6.02. The number of amides is 2. The fourth-order valence-electron chi connectivity index (χ4n) is 4.64. The van der Waals surface area contributed by atoms with Crippen molar-refractivity contribution in [3.63, 3.8) is 0 Å². The second kappa shape index (κ2) is 12.9. The van der Waals surface area contributed by atoms with Gasteiger partial charge in [-0.3, -0.25) is 4.90 Å². The van der Waals surface area contributed by atoms with Gasteiger partial charge < -0.3 is 23.8 Å². The minimum Gasteiger partial charge on any atom is -0.497 e. The van der Waals surface area contributed by atoms with Crippen molar-refractivity contribution in [1.82, 2.24) is 4.90 Å². The Morgan fingerprint density at radius 3 is 2.21 bits per heavy atom. The molecule has 0 saturated carbocycles. The van der Waals surface area contributed by atoms with Crippen molar-refractivity contribution in [2.45, 2.75) is 25.8 Å². The normalized spacial score (nSPS) is 15.0. The molecule has 0 bridgehead atoms. The molecular weight excluding hydrogens is 496 g/mol. The highest BCUT2D eigenvalue weighted by atomic mass is 16.5. The molecule has 0 fully saturated rings. The third-order valence-electron chi connectivity index (χ3n) is 6.58. The van der Waals surface area contributed by atoms with Crippen molar-refractivity contribution < 1.29 is 28.5 Å². The number of carbonyl (C=O) groups is 2. The summed E-state index contributed by atoms with van der Waals surface area (Å²) in [5.74, 6) is 1.45. The molecule has 3 aromatic carbocycles. The summed E-state index contributed by atoms with van der Waals surface area (Å²) < 4.78 is 21.6. The number of anilines is 1. The van der Waals surface area contributed by atoms with Crippen LogP contribution in [-0.2, 0) is 22.4 Å². The summed E-state index contributed by atoms with van der Waals surface area (Å²) in [5, 5.41) is 0. The van der Waals surface area contributed by atoms with Crippen molar-refractivity contribution in [3.05, 3.63) is 95.7 Å². The van der Waals surface area contributed by atoms with Crippen LogP contribution >= 0.6 is 0 Å². The van der Waals surface area contributed by atoms with Crippen LogP contribution in [0.5, 0.6) is 17.2 Å². The molecule has 1 aliphatic rings. The second-order valence-corrected chi connectivity index (χ2v) is 9.00. The van der Waals surface area contributed by atoms with E-state index in [2.05, 4.69) is 0 Å². The maximum absolute atomic E-state index is 14.0. The van der Waals surface area contributed by atoms with Crippen molar-refractivity contribution in [3.8, 4) is 17.2 Å². The van der Waals surface area contributed by atoms with Gasteiger partial charge in [0.15, 0.2) is 17.5 Å². The van der Waals surface area contributed by atoms with Crippen LogP contribution in [0.15, 0.2) is 84.6 Å². The summed E-state index contributed by atoms with van der Waals surface area (Å²) in [6.07, 6.45) is 2.86. The Hall–Kier alpha value is -4.46. The molecule has 4 rings (SSSR count). The fourth-order valence-corrected chi connectivity index (χ4v) is 4.64. The molecule has 8 heteroatoms. The molecule has 0 saturated heterocycles. The van der Waals surface area contributed by atoms with Crippen LogP contribution in [0.1, 0.15) is 18.1 Å². The molecule has 1 atom stereocenters. The molecule has 0 spiro atoms. The van der Waals surface area contributed by atoms with Gasteiger partial charge in [-0.1, -0.05) is 36.4 Å². The highest BCUT2D eigenvalue weighted by Crippen LogP contribution is 2.32. The monoisotopic (exact) mass is 530 g/mol. The van der Waals surface area contributed by atoms with Crippen molar-refractivity contribution >= 4 is 17.7 Å². The number of hydrogen-bond donors (Lipinski definition) is 0. The molecule has 1 heterocycles. The van der Waals surface area contributed by atoms with Crippen LogP contribution in [0.2, 0.25) is 0 Å². The Morgan fingerprint density at radius 2 is 1.56 bits per heavy atom. The number of methoxy groups -OCH3 is 3. The van der Waals surface area contributed by atoms with E-state index < -0.39 is 12.0 Å². The van der Waals surface area contributed by atoms with Gasteiger partial charge in [0.05, 0.1) is 27.9 Å². The summed E-state index contributed by atoms with van der Waals surface area (Å²) in [5.41, 5.74) is 3.36. The lowest BCUT2D eigenvalue weighted by Gasteiger charge is -2.39. The highest BCUT2D eigenvalue weighted by Gasteiger charge is 2.41. The van der Waals surface area contributed by atoms with E-state index in [-0.39, 0.29) is 12.6 Å². The number of urea groups is 1. The van der Waals surface area contributed by atoms with Gasteiger partial charge >= 0.3 is 12.0 Å². The van der Waals surface area contributed by atoms with Crippen molar-refractivity contribution in [2.24, 2.45) is 0 Å². The van der Waals surface area contributed by atoms with E-state index in [0.29, 0.717) is 42.3 Å². The maximum atomic E-state index is 14.0. The molecule has 2 amide bonds. The zero-order valence-electron chi connectivity index (χ0n) is 22.8. The lowest BCUT2D eigenvalue weighted by molar-refractivity contribution is -0.143.